The normalized spacial score (nSPS) is 27.5. The van der Waals surface area contributed by atoms with Gasteiger partial charge in [-0.05, 0) is 38.1 Å². The second kappa shape index (κ2) is 5.51. The van der Waals surface area contributed by atoms with Crippen molar-refractivity contribution >= 4 is 23.2 Å². The van der Waals surface area contributed by atoms with Crippen molar-refractivity contribution in [3.63, 3.8) is 0 Å². The molecule has 0 radical (unpaired) electrons. The van der Waals surface area contributed by atoms with Gasteiger partial charge in [-0.2, -0.15) is 0 Å². The van der Waals surface area contributed by atoms with Crippen molar-refractivity contribution in [2.45, 2.75) is 24.8 Å². The molecule has 0 saturated carbocycles. The van der Waals surface area contributed by atoms with Gasteiger partial charge in [0.2, 0.25) is 5.91 Å². The number of amides is 1. The van der Waals surface area contributed by atoms with E-state index in [2.05, 4.69) is 15.8 Å². The number of nitrogens with one attached hydrogen (secondary N) is 2. The van der Waals surface area contributed by atoms with Gasteiger partial charge < -0.3 is 5.11 Å². The van der Waals surface area contributed by atoms with Crippen LogP contribution in [0, 0.1) is 0 Å². The van der Waals surface area contributed by atoms with Crippen molar-refractivity contribution in [3.05, 3.63) is 21.9 Å². The summed E-state index contributed by atoms with van der Waals surface area (Å²) in [6.07, 6.45) is 2.32. The molecule has 0 aromatic carbocycles. The number of carbonyl (C=O) groups is 2. The van der Waals surface area contributed by atoms with Crippen LogP contribution >= 0.6 is 11.3 Å². The maximum Gasteiger partial charge on any atom is 0.345 e. The van der Waals surface area contributed by atoms with Crippen LogP contribution in [-0.4, -0.2) is 47.6 Å². The third kappa shape index (κ3) is 2.44. The van der Waals surface area contributed by atoms with Gasteiger partial charge in [0.15, 0.2) is 0 Å². The highest BCUT2D eigenvalue weighted by Gasteiger charge is 2.38. The summed E-state index contributed by atoms with van der Waals surface area (Å²) >= 11 is 1.20. The van der Waals surface area contributed by atoms with E-state index in [-0.39, 0.29) is 22.7 Å². The van der Waals surface area contributed by atoms with Gasteiger partial charge in [-0.15, -0.1) is 11.3 Å². The van der Waals surface area contributed by atoms with Crippen LogP contribution in [-0.2, 0) is 4.79 Å². The number of aromatic carboxylic acids is 1. The second-order valence-electron chi connectivity index (χ2n) is 5.17. The Morgan fingerprint density at radius 1 is 1.35 bits per heavy atom. The molecule has 2 atom stereocenters. The first-order valence-corrected chi connectivity index (χ1v) is 7.58. The molecule has 0 bridgehead atoms. The van der Waals surface area contributed by atoms with E-state index in [1.54, 1.807) is 12.1 Å². The molecule has 20 heavy (non-hydrogen) atoms. The summed E-state index contributed by atoms with van der Waals surface area (Å²) in [7, 11) is 0. The number of hydrogen-bond donors (Lipinski definition) is 3. The van der Waals surface area contributed by atoms with Gasteiger partial charge in [0.05, 0.1) is 5.92 Å². The minimum Gasteiger partial charge on any atom is -0.477 e. The molecule has 1 aromatic heterocycles. The van der Waals surface area contributed by atoms with Gasteiger partial charge in [0.25, 0.3) is 0 Å². The van der Waals surface area contributed by atoms with E-state index >= 15 is 0 Å². The lowest BCUT2D eigenvalue weighted by Crippen LogP contribution is -2.59. The maximum absolute atomic E-state index is 12.2. The Kier molecular flexibility index (Phi) is 3.73. The average molecular weight is 295 g/mol. The molecule has 2 aliphatic heterocycles. The summed E-state index contributed by atoms with van der Waals surface area (Å²) in [5, 5.41) is 9.03. The number of carbonyl (C=O) groups excluding carboxylic acids is 1. The van der Waals surface area contributed by atoms with Gasteiger partial charge in [-0.1, -0.05) is 0 Å². The summed E-state index contributed by atoms with van der Waals surface area (Å²) in [5.41, 5.74) is 5.60. The zero-order chi connectivity index (χ0) is 14.1. The van der Waals surface area contributed by atoms with Gasteiger partial charge in [0.1, 0.15) is 4.88 Å². The minimum absolute atomic E-state index is 0.0769. The van der Waals surface area contributed by atoms with Crippen molar-refractivity contribution in [1.29, 1.82) is 0 Å². The lowest BCUT2D eigenvalue weighted by molar-refractivity contribution is -0.127. The van der Waals surface area contributed by atoms with E-state index in [0.29, 0.717) is 6.54 Å². The number of hydrazine groups is 1. The Morgan fingerprint density at radius 2 is 2.10 bits per heavy atom. The molecule has 2 aliphatic rings. The fourth-order valence-electron chi connectivity index (χ4n) is 2.98. The van der Waals surface area contributed by atoms with Crippen LogP contribution in [0.25, 0.3) is 0 Å². The van der Waals surface area contributed by atoms with Crippen molar-refractivity contribution in [3.8, 4) is 0 Å². The molecule has 3 heterocycles. The number of carboxylic acids is 1. The summed E-state index contributed by atoms with van der Waals surface area (Å²) in [5.74, 6) is -1.30. The first kappa shape index (κ1) is 13.5. The molecule has 1 aromatic rings. The molecule has 1 amide bonds. The smallest absolute Gasteiger partial charge is 0.345 e. The predicted octanol–water partition coefficient (Wildman–Crippen LogP) is 0.629. The van der Waals surface area contributed by atoms with Crippen LogP contribution < -0.4 is 10.9 Å². The van der Waals surface area contributed by atoms with Crippen LogP contribution in [0.4, 0.5) is 0 Å². The fourth-order valence-corrected chi connectivity index (χ4v) is 3.98. The largest absolute Gasteiger partial charge is 0.477 e. The Morgan fingerprint density at radius 3 is 2.75 bits per heavy atom. The second-order valence-corrected chi connectivity index (χ2v) is 6.28. The predicted molar refractivity (Wildman–Crippen MR) is 74.8 cm³/mol. The number of carboxylic acid groups (broad SMARTS) is 1. The van der Waals surface area contributed by atoms with Gasteiger partial charge >= 0.3 is 5.97 Å². The van der Waals surface area contributed by atoms with Crippen molar-refractivity contribution in [2.24, 2.45) is 0 Å². The molecule has 2 fully saturated rings. The highest BCUT2D eigenvalue weighted by atomic mass is 32.1. The Hall–Kier alpha value is -1.44. The van der Waals surface area contributed by atoms with Crippen LogP contribution in [0.3, 0.4) is 0 Å². The third-order valence-corrected chi connectivity index (χ3v) is 5.10. The van der Waals surface area contributed by atoms with Gasteiger partial charge in [0, 0.05) is 17.5 Å². The molecule has 2 saturated heterocycles. The average Bonchev–Trinajstić information content (AvgIpc) is 3.10. The first-order chi connectivity index (χ1) is 9.66. The molecule has 108 valence electrons. The maximum atomic E-state index is 12.2. The molecule has 6 nitrogen and oxygen atoms in total. The number of rotatable bonds is 3. The fraction of sp³-hybridized carbons (Fsp3) is 0.538. The summed E-state index contributed by atoms with van der Waals surface area (Å²) < 4.78 is 0. The number of likely N-dealkylation sites (tertiary alicyclic amines) is 1. The lowest BCUT2D eigenvalue weighted by atomic mass is 9.94. The van der Waals surface area contributed by atoms with Gasteiger partial charge in [-0.3, -0.25) is 15.1 Å². The topological polar surface area (TPSA) is 81.7 Å². The van der Waals surface area contributed by atoms with E-state index in [1.807, 2.05) is 0 Å². The van der Waals surface area contributed by atoms with E-state index in [1.165, 1.54) is 11.3 Å². The monoisotopic (exact) mass is 295 g/mol. The van der Waals surface area contributed by atoms with Crippen LogP contribution in [0.15, 0.2) is 12.1 Å². The molecular formula is C13H17N3O3S. The quantitative estimate of drug-likeness (QED) is 0.762. The van der Waals surface area contributed by atoms with Crippen LogP contribution in [0.5, 0.6) is 0 Å². The van der Waals surface area contributed by atoms with Crippen molar-refractivity contribution in [1.82, 2.24) is 15.8 Å². The zero-order valence-electron chi connectivity index (χ0n) is 11.0. The van der Waals surface area contributed by atoms with Crippen LogP contribution in [0.1, 0.15) is 33.3 Å². The number of hydrogen-bond acceptors (Lipinski definition) is 5. The summed E-state index contributed by atoms with van der Waals surface area (Å²) in [6.45, 7) is 2.71. The summed E-state index contributed by atoms with van der Waals surface area (Å²) in [6, 6.07) is 3.46. The molecule has 2 unspecified atom stereocenters. The number of thiophene rings is 1. The lowest BCUT2D eigenvalue weighted by Gasteiger charge is -2.37. The third-order valence-electron chi connectivity index (χ3n) is 3.94. The van der Waals surface area contributed by atoms with E-state index in [9.17, 15) is 9.59 Å². The van der Waals surface area contributed by atoms with Gasteiger partial charge in [-0.25, -0.2) is 10.2 Å². The highest BCUT2D eigenvalue weighted by Crippen LogP contribution is 2.32. The first-order valence-electron chi connectivity index (χ1n) is 6.76. The minimum atomic E-state index is -0.937. The molecule has 3 N–H and O–H groups in total. The Balaban J connectivity index is 1.88. The summed E-state index contributed by atoms with van der Waals surface area (Å²) in [4.78, 5) is 26.6. The molecule has 0 spiro atoms. The zero-order valence-corrected chi connectivity index (χ0v) is 11.8. The number of nitrogens with zero attached hydrogens (tertiary/aromatic N) is 1. The van der Waals surface area contributed by atoms with Crippen LogP contribution in [0.2, 0.25) is 0 Å². The standard InChI is InChI=1S/C13H17N3O3S/c17-12-11(9-3-4-10(20-9)13(18)19)8(7-14-15-12)16-5-1-2-6-16/h3-4,8,11,14H,1-2,5-7H2,(H,15,17)(H,18,19). The molecule has 0 aliphatic carbocycles. The van der Waals surface area contributed by atoms with E-state index in [0.717, 1.165) is 30.8 Å². The SMILES string of the molecule is O=C(O)c1ccc(C2C(=O)NNCC2N2CCCC2)s1. The highest BCUT2D eigenvalue weighted by molar-refractivity contribution is 7.14. The molecule has 3 rings (SSSR count). The Bertz CT molecular complexity index is 525. The molecule has 7 heteroatoms. The van der Waals surface area contributed by atoms with Crippen molar-refractivity contribution < 1.29 is 14.7 Å². The Labute approximate surface area is 120 Å². The van der Waals surface area contributed by atoms with E-state index in [4.69, 9.17) is 5.11 Å². The molecular weight excluding hydrogens is 278 g/mol. The van der Waals surface area contributed by atoms with Crippen molar-refractivity contribution in [2.75, 3.05) is 19.6 Å². The van der Waals surface area contributed by atoms with E-state index < -0.39 is 5.97 Å².